The van der Waals surface area contributed by atoms with E-state index in [0.717, 1.165) is 22.2 Å². The molecule has 3 N–H and O–H groups in total. The number of benzene rings is 2. The zero-order valence-corrected chi connectivity index (χ0v) is 16.7. The topological polar surface area (TPSA) is 87.8 Å². The van der Waals surface area contributed by atoms with Crippen LogP contribution in [0, 0.1) is 19.3 Å². The monoisotopic (exact) mass is 399 g/mol. The maximum Gasteiger partial charge on any atom is 0.224 e. The Balaban J connectivity index is 0.00000280. The van der Waals surface area contributed by atoms with Crippen molar-refractivity contribution in [2.45, 2.75) is 20.8 Å². The van der Waals surface area contributed by atoms with Crippen LogP contribution in [0.4, 0.5) is 11.5 Å². The molecule has 0 amide bonds. The lowest BCUT2D eigenvalue weighted by Crippen LogP contribution is -2.02. The van der Waals surface area contributed by atoms with Gasteiger partial charge in [0.2, 0.25) is 5.28 Å². The Labute approximate surface area is 169 Å². The molecule has 3 aromatic rings. The minimum atomic E-state index is 0. The molecule has 0 aliphatic rings. The van der Waals surface area contributed by atoms with Crippen LogP contribution in [-0.2, 0) is 0 Å². The summed E-state index contributed by atoms with van der Waals surface area (Å²) in [5.41, 5.74) is 3.29. The van der Waals surface area contributed by atoms with Gasteiger partial charge in [-0.2, -0.15) is 4.98 Å². The van der Waals surface area contributed by atoms with Gasteiger partial charge in [-0.05, 0) is 56.1 Å². The maximum atomic E-state index is 6.15. The molecule has 0 spiro atoms. The summed E-state index contributed by atoms with van der Waals surface area (Å²) in [6, 6.07) is 9.41. The van der Waals surface area contributed by atoms with Crippen molar-refractivity contribution in [3.8, 4) is 23.8 Å². The molecule has 146 valence electrons. The summed E-state index contributed by atoms with van der Waals surface area (Å²) >= 11 is 6.15. The third-order valence-corrected chi connectivity index (χ3v) is 4.25. The van der Waals surface area contributed by atoms with E-state index in [1.165, 1.54) is 0 Å². The fourth-order valence-electron chi connectivity index (χ4n) is 2.80. The Kier molecular flexibility index (Phi) is 7.05. The van der Waals surface area contributed by atoms with Crippen molar-refractivity contribution in [2.24, 2.45) is 0 Å². The lowest BCUT2D eigenvalue weighted by atomic mass is 10.1. The van der Waals surface area contributed by atoms with E-state index in [2.05, 4.69) is 21.2 Å². The molecule has 28 heavy (non-hydrogen) atoms. The molecule has 1 heterocycles. The Bertz CT molecular complexity index is 1030. The van der Waals surface area contributed by atoms with Gasteiger partial charge in [-0.3, -0.25) is 0 Å². The largest absolute Gasteiger partial charge is 0.490 e. The van der Waals surface area contributed by atoms with Crippen LogP contribution in [-0.4, -0.2) is 28.7 Å². The summed E-state index contributed by atoms with van der Waals surface area (Å²) < 4.78 is 11.4. The molecule has 0 saturated heterocycles. The second-order valence-corrected chi connectivity index (χ2v) is 6.11. The smallest absolute Gasteiger partial charge is 0.224 e. The van der Waals surface area contributed by atoms with Crippen LogP contribution in [0.15, 0.2) is 30.3 Å². The Morgan fingerprint density at radius 3 is 2.43 bits per heavy atom. The van der Waals surface area contributed by atoms with Gasteiger partial charge in [0, 0.05) is 22.7 Å². The number of nitrogens with zero attached hydrogens (tertiary/aromatic N) is 2. The fraction of sp³-hybridized carbons (Fsp3) is 0.238. The summed E-state index contributed by atoms with van der Waals surface area (Å²) in [4.78, 5) is 8.69. The number of fused-ring (bicyclic) bond motifs is 1. The van der Waals surface area contributed by atoms with Gasteiger partial charge in [-0.1, -0.05) is 12.0 Å². The SMILES string of the molecule is C#Cc1cccc(Nc2nc(Cl)nc3cc(OCC)c(OCC)cc23)c1C.O. The number of aromatic nitrogens is 2. The normalized spacial score (nSPS) is 10.1. The minimum Gasteiger partial charge on any atom is -0.490 e. The number of halogens is 1. The Morgan fingerprint density at radius 1 is 1.11 bits per heavy atom. The number of nitrogens with one attached hydrogen (secondary N) is 1. The zero-order chi connectivity index (χ0) is 19.4. The van der Waals surface area contributed by atoms with Gasteiger partial charge < -0.3 is 20.3 Å². The lowest BCUT2D eigenvalue weighted by Gasteiger charge is -2.15. The summed E-state index contributed by atoms with van der Waals surface area (Å²) in [5.74, 6) is 4.51. The molecule has 0 saturated carbocycles. The number of hydrogen-bond acceptors (Lipinski definition) is 5. The molecule has 1 aromatic heterocycles. The van der Waals surface area contributed by atoms with E-state index in [4.69, 9.17) is 27.5 Å². The zero-order valence-electron chi connectivity index (χ0n) is 16.0. The quantitative estimate of drug-likeness (QED) is 0.493. The number of hydrogen-bond donors (Lipinski definition) is 1. The first-order valence-electron chi connectivity index (χ1n) is 8.67. The number of rotatable bonds is 6. The highest BCUT2D eigenvalue weighted by Gasteiger charge is 2.14. The first-order chi connectivity index (χ1) is 13.1. The molecule has 3 rings (SSSR count). The molecule has 2 aromatic carbocycles. The van der Waals surface area contributed by atoms with Crippen LogP contribution in [0.1, 0.15) is 25.0 Å². The average Bonchev–Trinajstić information content (AvgIpc) is 2.64. The molecule has 0 aliphatic heterocycles. The van der Waals surface area contributed by atoms with Crippen molar-refractivity contribution in [3.05, 3.63) is 46.7 Å². The molecule has 0 atom stereocenters. The predicted molar refractivity (Wildman–Crippen MR) is 113 cm³/mol. The molecular weight excluding hydrogens is 378 g/mol. The lowest BCUT2D eigenvalue weighted by molar-refractivity contribution is 0.288. The van der Waals surface area contributed by atoms with Gasteiger partial charge in [0.1, 0.15) is 5.82 Å². The Morgan fingerprint density at radius 2 is 1.79 bits per heavy atom. The third-order valence-electron chi connectivity index (χ3n) is 4.08. The van der Waals surface area contributed by atoms with Crippen molar-refractivity contribution < 1.29 is 14.9 Å². The first-order valence-corrected chi connectivity index (χ1v) is 9.05. The second-order valence-electron chi connectivity index (χ2n) is 5.77. The van der Waals surface area contributed by atoms with Crippen LogP contribution in [0.2, 0.25) is 5.28 Å². The van der Waals surface area contributed by atoms with Crippen LogP contribution >= 0.6 is 11.6 Å². The van der Waals surface area contributed by atoms with Gasteiger partial charge in [-0.15, -0.1) is 6.42 Å². The highest BCUT2D eigenvalue weighted by molar-refractivity contribution is 6.28. The molecule has 0 radical (unpaired) electrons. The standard InChI is InChI=1S/C21H20ClN3O2.H2O/c1-5-14-9-8-10-16(13(14)4)23-20-15-11-18(26-6-2)19(27-7-3)12-17(15)24-21(22)25-20;/h1,8-12H,6-7H2,2-4H3,(H,23,24,25);1H2. The van der Waals surface area contributed by atoms with Crippen molar-refractivity contribution in [1.29, 1.82) is 0 Å². The molecule has 0 bridgehead atoms. The molecular formula is C21H22ClN3O3. The third kappa shape index (κ3) is 4.28. The van der Waals surface area contributed by atoms with E-state index >= 15 is 0 Å². The minimum absolute atomic E-state index is 0. The van der Waals surface area contributed by atoms with Crippen molar-refractivity contribution in [3.63, 3.8) is 0 Å². The average molecular weight is 400 g/mol. The van der Waals surface area contributed by atoms with Crippen LogP contribution < -0.4 is 14.8 Å². The van der Waals surface area contributed by atoms with Crippen LogP contribution in [0.25, 0.3) is 10.9 Å². The van der Waals surface area contributed by atoms with Gasteiger partial charge >= 0.3 is 0 Å². The summed E-state index contributed by atoms with van der Waals surface area (Å²) in [6.07, 6.45) is 5.57. The Hall–Kier alpha value is -3.01. The molecule has 0 aliphatic carbocycles. The fourth-order valence-corrected chi connectivity index (χ4v) is 2.97. The molecule has 6 nitrogen and oxygen atoms in total. The van der Waals surface area contributed by atoms with E-state index in [1.54, 1.807) is 0 Å². The van der Waals surface area contributed by atoms with Crippen molar-refractivity contribution in [1.82, 2.24) is 9.97 Å². The first kappa shape index (κ1) is 21.3. The van der Waals surface area contributed by atoms with E-state index in [1.807, 2.05) is 51.1 Å². The van der Waals surface area contributed by atoms with Gasteiger partial charge in [-0.25, -0.2) is 4.98 Å². The number of anilines is 2. The van der Waals surface area contributed by atoms with Crippen LogP contribution in [0.5, 0.6) is 11.5 Å². The van der Waals surface area contributed by atoms with E-state index < -0.39 is 0 Å². The second kappa shape index (κ2) is 9.27. The van der Waals surface area contributed by atoms with Crippen molar-refractivity contribution >= 4 is 34.0 Å². The summed E-state index contributed by atoms with van der Waals surface area (Å²) in [7, 11) is 0. The van der Waals surface area contributed by atoms with Crippen LogP contribution in [0.3, 0.4) is 0 Å². The van der Waals surface area contributed by atoms with Gasteiger partial charge in [0.25, 0.3) is 0 Å². The molecule has 0 unspecified atom stereocenters. The number of terminal acetylenes is 1. The molecule has 7 heteroatoms. The van der Waals surface area contributed by atoms with E-state index in [-0.39, 0.29) is 10.8 Å². The van der Waals surface area contributed by atoms with Gasteiger partial charge in [0.15, 0.2) is 11.5 Å². The van der Waals surface area contributed by atoms with E-state index in [9.17, 15) is 0 Å². The summed E-state index contributed by atoms with van der Waals surface area (Å²) in [5, 5.41) is 4.24. The van der Waals surface area contributed by atoms with Gasteiger partial charge in [0.05, 0.1) is 18.7 Å². The highest BCUT2D eigenvalue weighted by Crippen LogP contribution is 2.36. The highest BCUT2D eigenvalue weighted by atomic mass is 35.5. The van der Waals surface area contributed by atoms with Crippen molar-refractivity contribution in [2.75, 3.05) is 18.5 Å². The van der Waals surface area contributed by atoms with E-state index in [0.29, 0.717) is 36.0 Å². The summed E-state index contributed by atoms with van der Waals surface area (Å²) in [6.45, 7) is 6.84. The molecule has 0 fully saturated rings. The maximum absolute atomic E-state index is 6.15. The predicted octanol–water partition coefficient (Wildman–Crippen LogP) is 4.29. The number of ether oxygens (including phenoxy) is 2.